The minimum atomic E-state index is -0.182. The second-order valence-corrected chi connectivity index (χ2v) is 7.18. The summed E-state index contributed by atoms with van der Waals surface area (Å²) in [5.74, 6) is -0.182. The second kappa shape index (κ2) is 6.62. The normalized spacial score (nSPS) is 11.1. The fraction of sp³-hybridized carbons (Fsp3) is 0.160. The van der Waals surface area contributed by atoms with Crippen LogP contribution in [0, 0.1) is 26.6 Å². The standard InChI is InChI=1S/C25H23FN/c1-16-14-24(26)23(19-10-6-5-7-11-19)15-22(16)25-21-13-9-8-12-20(21)17(2)18(3)27(25)4/h5-15H,1-4H3/q+1. The number of pyridine rings is 1. The van der Waals surface area contributed by atoms with Gasteiger partial charge in [-0.05, 0) is 48.6 Å². The van der Waals surface area contributed by atoms with E-state index >= 15 is 0 Å². The number of aromatic nitrogens is 1. The molecule has 1 nitrogen and oxygen atoms in total. The molecule has 0 atom stereocenters. The molecule has 0 unspecified atom stereocenters. The van der Waals surface area contributed by atoms with Crippen LogP contribution in [0.4, 0.5) is 4.39 Å². The molecule has 0 aliphatic carbocycles. The van der Waals surface area contributed by atoms with Gasteiger partial charge in [-0.25, -0.2) is 4.39 Å². The lowest BCUT2D eigenvalue weighted by Gasteiger charge is -2.14. The van der Waals surface area contributed by atoms with E-state index in [4.69, 9.17) is 0 Å². The first-order valence-corrected chi connectivity index (χ1v) is 9.23. The molecule has 1 aromatic heterocycles. The summed E-state index contributed by atoms with van der Waals surface area (Å²) in [5.41, 5.74) is 7.16. The van der Waals surface area contributed by atoms with Gasteiger partial charge in [0.05, 0.1) is 10.9 Å². The molecule has 0 saturated heterocycles. The highest BCUT2D eigenvalue weighted by atomic mass is 19.1. The molecule has 0 spiro atoms. The Morgan fingerprint density at radius 3 is 2.07 bits per heavy atom. The molecular weight excluding hydrogens is 333 g/mol. The molecule has 0 aliphatic rings. The third-order valence-electron chi connectivity index (χ3n) is 5.62. The van der Waals surface area contributed by atoms with Crippen LogP contribution in [-0.4, -0.2) is 0 Å². The molecule has 4 aromatic rings. The van der Waals surface area contributed by atoms with Crippen molar-refractivity contribution in [2.75, 3.05) is 0 Å². The van der Waals surface area contributed by atoms with Gasteiger partial charge in [0.2, 0.25) is 5.69 Å². The average Bonchev–Trinajstić information content (AvgIpc) is 2.68. The first-order valence-electron chi connectivity index (χ1n) is 9.23. The molecule has 0 bridgehead atoms. The largest absolute Gasteiger partial charge is 0.220 e. The van der Waals surface area contributed by atoms with Gasteiger partial charge in [-0.2, -0.15) is 4.57 Å². The highest BCUT2D eigenvalue weighted by molar-refractivity contribution is 5.96. The molecule has 0 amide bonds. The monoisotopic (exact) mass is 356 g/mol. The number of hydrogen-bond acceptors (Lipinski definition) is 0. The van der Waals surface area contributed by atoms with Crippen molar-refractivity contribution in [3.05, 3.63) is 89.4 Å². The molecule has 3 aromatic carbocycles. The van der Waals surface area contributed by atoms with E-state index in [-0.39, 0.29) is 5.82 Å². The average molecular weight is 356 g/mol. The van der Waals surface area contributed by atoms with Gasteiger partial charge in [0.25, 0.3) is 0 Å². The van der Waals surface area contributed by atoms with Crippen LogP contribution in [0.3, 0.4) is 0 Å². The SMILES string of the molecule is Cc1cc(F)c(-c2ccccc2)cc1-c1c2ccccc2c(C)c(C)[n+]1C. The molecule has 2 heteroatoms. The second-order valence-electron chi connectivity index (χ2n) is 7.18. The van der Waals surface area contributed by atoms with Crippen molar-refractivity contribution in [1.82, 2.24) is 0 Å². The number of nitrogens with zero attached hydrogens (tertiary/aromatic N) is 1. The van der Waals surface area contributed by atoms with E-state index < -0.39 is 0 Å². The van der Waals surface area contributed by atoms with Crippen molar-refractivity contribution < 1.29 is 8.96 Å². The Kier molecular flexibility index (Phi) is 4.27. The van der Waals surface area contributed by atoms with Gasteiger partial charge in [-0.3, -0.25) is 0 Å². The minimum Gasteiger partial charge on any atom is -0.206 e. The van der Waals surface area contributed by atoms with Crippen LogP contribution in [0.15, 0.2) is 66.7 Å². The smallest absolute Gasteiger partial charge is 0.206 e. The number of halogens is 1. The quantitative estimate of drug-likeness (QED) is 0.384. The molecule has 0 radical (unpaired) electrons. The number of fused-ring (bicyclic) bond motifs is 1. The summed E-state index contributed by atoms with van der Waals surface area (Å²) in [5, 5.41) is 2.44. The van der Waals surface area contributed by atoms with Crippen molar-refractivity contribution in [3.8, 4) is 22.4 Å². The molecule has 4 rings (SSSR count). The number of benzene rings is 3. The van der Waals surface area contributed by atoms with Crippen molar-refractivity contribution in [2.24, 2.45) is 7.05 Å². The first-order chi connectivity index (χ1) is 13.0. The number of hydrogen-bond donors (Lipinski definition) is 0. The van der Waals surface area contributed by atoms with Crippen LogP contribution in [0.1, 0.15) is 16.8 Å². The van der Waals surface area contributed by atoms with E-state index in [1.165, 1.54) is 22.0 Å². The van der Waals surface area contributed by atoms with E-state index in [1.807, 2.05) is 43.3 Å². The van der Waals surface area contributed by atoms with Gasteiger partial charge in [0.1, 0.15) is 12.9 Å². The van der Waals surface area contributed by atoms with Gasteiger partial charge in [0, 0.05) is 18.1 Å². The Balaban J connectivity index is 2.09. The van der Waals surface area contributed by atoms with Gasteiger partial charge in [0.15, 0.2) is 5.69 Å². The van der Waals surface area contributed by atoms with E-state index in [9.17, 15) is 4.39 Å². The predicted molar refractivity (Wildman–Crippen MR) is 110 cm³/mol. The lowest BCUT2D eigenvalue weighted by atomic mass is 9.93. The maximum absolute atomic E-state index is 14.8. The van der Waals surface area contributed by atoms with Crippen LogP contribution in [0.2, 0.25) is 0 Å². The highest BCUT2D eigenvalue weighted by Crippen LogP contribution is 2.34. The zero-order valence-electron chi connectivity index (χ0n) is 16.2. The van der Waals surface area contributed by atoms with E-state index in [0.29, 0.717) is 5.56 Å². The van der Waals surface area contributed by atoms with Gasteiger partial charge >= 0.3 is 0 Å². The summed E-state index contributed by atoms with van der Waals surface area (Å²) >= 11 is 0. The molecule has 27 heavy (non-hydrogen) atoms. The van der Waals surface area contributed by atoms with Crippen molar-refractivity contribution >= 4 is 10.8 Å². The maximum atomic E-state index is 14.8. The van der Waals surface area contributed by atoms with E-state index in [2.05, 4.69) is 49.7 Å². The fourth-order valence-corrected chi connectivity index (χ4v) is 3.90. The lowest BCUT2D eigenvalue weighted by Crippen LogP contribution is -2.36. The third-order valence-corrected chi connectivity index (χ3v) is 5.62. The molecule has 0 N–H and O–H groups in total. The highest BCUT2D eigenvalue weighted by Gasteiger charge is 2.23. The van der Waals surface area contributed by atoms with Crippen LogP contribution in [0.5, 0.6) is 0 Å². The Morgan fingerprint density at radius 2 is 1.37 bits per heavy atom. The maximum Gasteiger partial charge on any atom is 0.220 e. The minimum absolute atomic E-state index is 0.182. The van der Waals surface area contributed by atoms with E-state index in [1.54, 1.807) is 6.07 Å². The van der Waals surface area contributed by atoms with Gasteiger partial charge in [-0.15, -0.1) is 0 Å². The van der Waals surface area contributed by atoms with Crippen LogP contribution >= 0.6 is 0 Å². The first kappa shape index (κ1) is 17.4. The zero-order chi connectivity index (χ0) is 19.1. The van der Waals surface area contributed by atoms with Gasteiger partial charge in [-0.1, -0.05) is 48.5 Å². The van der Waals surface area contributed by atoms with Crippen molar-refractivity contribution in [2.45, 2.75) is 20.8 Å². The van der Waals surface area contributed by atoms with Crippen LogP contribution < -0.4 is 4.57 Å². The Hall–Kier alpha value is -3.00. The Bertz CT molecular complexity index is 1160. The Labute approximate surface area is 159 Å². The van der Waals surface area contributed by atoms with E-state index in [0.717, 1.165) is 22.4 Å². The summed E-state index contributed by atoms with van der Waals surface area (Å²) in [7, 11) is 2.09. The Morgan fingerprint density at radius 1 is 0.741 bits per heavy atom. The molecule has 0 aliphatic heterocycles. The van der Waals surface area contributed by atoms with Crippen LogP contribution in [0.25, 0.3) is 33.2 Å². The summed E-state index contributed by atoms with van der Waals surface area (Å²) < 4.78 is 17.0. The van der Waals surface area contributed by atoms with Crippen LogP contribution in [-0.2, 0) is 7.05 Å². The number of aryl methyl sites for hydroxylation is 2. The fourth-order valence-electron chi connectivity index (χ4n) is 3.90. The zero-order valence-corrected chi connectivity index (χ0v) is 16.2. The topological polar surface area (TPSA) is 3.88 Å². The summed E-state index contributed by atoms with van der Waals surface area (Å²) in [6.45, 7) is 6.29. The molecule has 0 fully saturated rings. The van der Waals surface area contributed by atoms with Gasteiger partial charge < -0.3 is 0 Å². The molecule has 1 heterocycles. The summed E-state index contributed by atoms with van der Waals surface area (Å²) in [4.78, 5) is 0. The molecule has 134 valence electrons. The van der Waals surface area contributed by atoms with Crippen molar-refractivity contribution in [1.29, 1.82) is 0 Å². The summed E-state index contributed by atoms with van der Waals surface area (Å²) in [6, 6.07) is 21.9. The number of rotatable bonds is 2. The predicted octanol–water partition coefficient (Wildman–Crippen LogP) is 6.06. The summed E-state index contributed by atoms with van der Waals surface area (Å²) in [6.07, 6.45) is 0. The molecule has 0 saturated carbocycles. The molecular formula is C25H23FN+. The third kappa shape index (κ3) is 2.82. The van der Waals surface area contributed by atoms with Crippen molar-refractivity contribution in [3.63, 3.8) is 0 Å². The lowest BCUT2D eigenvalue weighted by molar-refractivity contribution is -0.665.